The van der Waals surface area contributed by atoms with Crippen molar-refractivity contribution in [2.45, 2.75) is 26.0 Å². The summed E-state index contributed by atoms with van der Waals surface area (Å²) in [7, 11) is -1.36. The van der Waals surface area contributed by atoms with Crippen LogP contribution < -0.4 is 5.19 Å². The standard InChI is InChI=1S/C21H23NSi/c1-23(2,3)20-12-13-21(22-16-20)19-11-7-10-18(15-19)14-17-8-5-4-6-9-17/h4-13,15-16H,14H2,1-3H3/i14D2. The van der Waals surface area contributed by atoms with Crippen LogP contribution in [0.4, 0.5) is 0 Å². The number of rotatable bonds is 4. The molecule has 3 rings (SSSR count). The minimum Gasteiger partial charge on any atom is -0.256 e. The average Bonchev–Trinajstić information content (AvgIpc) is 2.62. The molecule has 1 nitrogen and oxygen atoms in total. The molecule has 0 aliphatic heterocycles. The Hall–Kier alpha value is -2.19. The molecular formula is C21H23NSi. The lowest BCUT2D eigenvalue weighted by Gasteiger charge is -2.16. The summed E-state index contributed by atoms with van der Waals surface area (Å²) in [6.45, 7) is 6.91. The topological polar surface area (TPSA) is 12.9 Å². The van der Waals surface area contributed by atoms with Gasteiger partial charge in [-0.2, -0.15) is 0 Å². The molecule has 0 unspecified atom stereocenters. The van der Waals surface area contributed by atoms with Crippen LogP contribution in [0.3, 0.4) is 0 Å². The molecule has 1 heterocycles. The van der Waals surface area contributed by atoms with Gasteiger partial charge in [0.2, 0.25) is 0 Å². The molecule has 0 saturated carbocycles. The second kappa shape index (κ2) is 6.51. The second-order valence-electron chi connectivity index (χ2n) is 6.75. The Balaban J connectivity index is 1.97. The first kappa shape index (κ1) is 13.3. The van der Waals surface area contributed by atoms with E-state index in [-0.39, 0.29) is 0 Å². The quantitative estimate of drug-likeness (QED) is 0.624. The van der Waals surface area contributed by atoms with Crippen molar-refractivity contribution in [3.05, 3.63) is 84.1 Å². The van der Waals surface area contributed by atoms with Crippen LogP contribution in [0.25, 0.3) is 11.3 Å². The van der Waals surface area contributed by atoms with Crippen LogP contribution in [-0.4, -0.2) is 13.1 Å². The van der Waals surface area contributed by atoms with Gasteiger partial charge in [-0.1, -0.05) is 74.2 Å². The summed E-state index contributed by atoms with van der Waals surface area (Å²) >= 11 is 0. The van der Waals surface area contributed by atoms with E-state index in [0.717, 1.165) is 11.3 Å². The molecule has 23 heavy (non-hydrogen) atoms. The molecule has 0 amide bonds. The van der Waals surface area contributed by atoms with Crippen molar-refractivity contribution in [1.82, 2.24) is 4.98 Å². The fourth-order valence-corrected chi connectivity index (χ4v) is 3.49. The highest BCUT2D eigenvalue weighted by molar-refractivity contribution is 6.88. The van der Waals surface area contributed by atoms with Crippen molar-refractivity contribution in [1.29, 1.82) is 0 Å². The molecule has 0 spiro atoms. The molecule has 0 bridgehead atoms. The zero-order valence-corrected chi connectivity index (χ0v) is 14.9. The molecular weight excluding hydrogens is 294 g/mol. The van der Waals surface area contributed by atoms with Crippen molar-refractivity contribution >= 4 is 13.3 Å². The molecule has 0 aliphatic carbocycles. The molecule has 116 valence electrons. The maximum Gasteiger partial charge on any atom is 0.0796 e. The molecule has 0 aliphatic rings. The van der Waals surface area contributed by atoms with E-state index in [1.165, 1.54) is 5.19 Å². The highest BCUT2D eigenvalue weighted by Crippen LogP contribution is 2.19. The lowest BCUT2D eigenvalue weighted by molar-refractivity contribution is 1.19. The summed E-state index contributed by atoms with van der Waals surface area (Å²) in [5.74, 6) is 0. The summed E-state index contributed by atoms with van der Waals surface area (Å²) in [6.07, 6.45) is 0.440. The van der Waals surface area contributed by atoms with Crippen LogP contribution in [0.2, 0.25) is 19.6 Å². The SMILES string of the molecule is [2H]C([2H])(c1ccccc1)c1cccc(-c2ccc([Si](C)(C)C)cn2)c1. The van der Waals surface area contributed by atoms with Crippen LogP contribution in [0.5, 0.6) is 0 Å². The van der Waals surface area contributed by atoms with Crippen LogP contribution in [0.15, 0.2) is 72.9 Å². The Bertz CT molecular complexity index is 853. The number of hydrogen-bond donors (Lipinski definition) is 0. The largest absolute Gasteiger partial charge is 0.256 e. The third-order valence-corrected chi connectivity index (χ3v) is 5.88. The average molecular weight is 320 g/mol. The Labute approximate surface area is 142 Å². The second-order valence-corrected chi connectivity index (χ2v) is 11.8. The van der Waals surface area contributed by atoms with Gasteiger partial charge in [-0.3, -0.25) is 4.98 Å². The van der Waals surface area contributed by atoms with Crippen LogP contribution in [-0.2, 0) is 6.37 Å². The smallest absolute Gasteiger partial charge is 0.0796 e. The zero-order valence-electron chi connectivity index (χ0n) is 15.9. The van der Waals surface area contributed by atoms with E-state index in [0.29, 0.717) is 11.1 Å². The highest BCUT2D eigenvalue weighted by Gasteiger charge is 2.16. The zero-order chi connectivity index (χ0) is 18.1. The fourth-order valence-electron chi connectivity index (χ4n) is 2.45. The van der Waals surface area contributed by atoms with Gasteiger partial charge in [-0.25, -0.2) is 0 Å². The first-order valence-corrected chi connectivity index (χ1v) is 11.4. The Morgan fingerprint density at radius 1 is 0.870 bits per heavy atom. The molecule has 0 N–H and O–H groups in total. The summed E-state index contributed by atoms with van der Waals surface area (Å²) in [5, 5.41) is 1.33. The van der Waals surface area contributed by atoms with Crippen LogP contribution >= 0.6 is 0 Å². The van der Waals surface area contributed by atoms with Gasteiger partial charge in [0, 0.05) is 14.5 Å². The van der Waals surface area contributed by atoms with Gasteiger partial charge < -0.3 is 0 Å². The molecule has 2 aromatic carbocycles. The van der Waals surface area contributed by atoms with E-state index in [1.54, 1.807) is 0 Å². The monoisotopic (exact) mass is 319 g/mol. The van der Waals surface area contributed by atoms with Crippen molar-refractivity contribution < 1.29 is 2.74 Å². The number of nitrogens with zero attached hydrogens (tertiary/aromatic N) is 1. The maximum atomic E-state index is 8.54. The van der Waals surface area contributed by atoms with Crippen molar-refractivity contribution in [3.63, 3.8) is 0 Å². The first-order chi connectivity index (χ1) is 11.8. The summed E-state index contributed by atoms with van der Waals surface area (Å²) in [5.41, 5.74) is 3.13. The molecule has 3 aromatic rings. The lowest BCUT2D eigenvalue weighted by Crippen LogP contribution is -2.37. The first-order valence-electron chi connectivity index (χ1n) is 8.91. The number of pyridine rings is 1. The van der Waals surface area contributed by atoms with E-state index in [9.17, 15) is 0 Å². The molecule has 1 aromatic heterocycles. The van der Waals surface area contributed by atoms with E-state index < -0.39 is 14.4 Å². The van der Waals surface area contributed by atoms with Gasteiger partial charge in [0.15, 0.2) is 0 Å². The van der Waals surface area contributed by atoms with Crippen LogP contribution in [0.1, 0.15) is 13.9 Å². The van der Waals surface area contributed by atoms with Crippen molar-refractivity contribution in [2.75, 3.05) is 0 Å². The minimum atomic E-state index is -1.53. The lowest BCUT2D eigenvalue weighted by atomic mass is 10.0. The van der Waals surface area contributed by atoms with Gasteiger partial charge in [0.1, 0.15) is 0 Å². The van der Waals surface area contributed by atoms with Gasteiger partial charge in [0.25, 0.3) is 0 Å². The van der Waals surface area contributed by atoms with Gasteiger partial charge in [-0.15, -0.1) is 0 Å². The molecule has 0 saturated heterocycles. The van der Waals surface area contributed by atoms with Crippen molar-refractivity contribution in [2.24, 2.45) is 0 Å². The van der Waals surface area contributed by atoms with Crippen LogP contribution in [0, 0.1) is 0 Å². The minimum absolute atomic E-state index is 0.646. The molecule has 0 atom stereocenters. The number of hydrogen-bond acceptors (Lipinski definition) is 1. The normalized spacial score (nSPS) is 13.3. The molecule has 0 fully saturated rings. The number of aromatic nitrogens is 1. The maximum absolute atomic E-state index is 8.54. The highest BCUT2D eigenvalue weighted by atomic mass is 28.3. The summed E-state index contributed by atoms with van der Waals surface area (Å²) < 4.78 is 17.1. The molecule has 0 radical (unpaired) electrons. The molecule has 2 heteroatoms. The van der Waals surface area contributed by atoms with Gasteiger partial charge in [0.05, 0.1) is 13.8 Å². The fraction of sp³-hybridized carbons (Fsp3) is 0.190. The number of benzene rings is 2. The van der Waals surface area contributed by atoms with Gasteiger partial charge >= 0.3 is 0 Å². The van der Waals surface area contributed by atoms with E-state index >= 15 is 0 Å². The predicted molar refractivity (Wildman–Crippen MR) is 102 cm³/mol. The third-order valence-electron chi connectivity index (χ3n) is 3.85. The summed E-state index contributed by atoms with van der Waals surface area (Å²) in [6, 6.07) is 21.1. The Morgan fingerprint density at radius 2 is 1.61 bits per heavy atom. The van der Waals surface area contributed by atoms with E-state index in [1.807, 2.05) is 66.9 Å². The van der Waals surface area contributed by atoms with Crippen molar-refractivity contribution in [3.8, 4) is 11.3 Å². The predicted octanol–water partition coefficient (Wildman–Crippen LogP) is 4.88. The Kier molecular flexibility index (Phi) is 3.75. The third kappa shape index (κ3) is 3.96. The van der Waals surface area contributed by atoms with E-state index in [2.05, 4.69) is 30.7 Å². The summed E-state index contributed by atoms with van der Waals surface area (Å²) in [4.78, 5) is 4.62. The van der Waals surface area contributed by atoms with Gasteiger partial charge in [-0.05, 0) is 34.8 Å². The Morgan fingerprint density at radius 3 is 2.26 bits per heavy atom. The van der Waals surface area contributed by atoms with E-state index in [4.69, 9.17) is 2.74 Å².